The maximum Gasteiger partial charge on any atom is 0.257 e. The van der Waals surface area contributed by atoms with Gasteiger partial charge in [0.25, 0.3) is 23.6 Å². The molecule has 0 fully saturated rings. The molecule has 0 saturated carbocycles. The second-order valence-corrected chi connectivity index (χ2v) is 34.6. The van der Waals surface area contributed by atoms with Gasteiger partial charge in [0.05, 0.1) is 39.2 Å². The number of carbonyl (C=O) groups is 4. The molecule has 5 rings (SSSR count). The van der Waals surface area contributed by atoms with E-state index in [0.29, 0.717) is 49.2 Å². The number of nitrogens with one attached hydrogen (secondary N) is 4. The van der Waals surface area contributed by atoms with E-state index in [1.807, 2.05) is 0 Å². The van der Waals surface area contributed by atoms with Gasteiger partial charge in [-0.2, -0.15) is 0 Å². The molecule has 12 nitrogen and oxygen atoms in total. The number of ether oxygens (including phenoxy) is 4. The first-order valence-electron chi connectivity index (χ1n) is 36.7. The predicted molar refractivity (Wildman–Crippen MR) is 405 cm³/mol. The van der Waals surface area contributed by atoms with Gasteiger partial charge in [0, 0.05) is 26.2 Å². The fraction of sp³-hybridized carbons (Fsp3) is 0.650. The van der Waals surface area contributed by atoms with E-state index >= 15 is 0 Å². The summed E-state index contributed by atoms with van der Waals surface area (Å²) >= 11 is 5.99. The molecule has 0 saturated heterocycles. The number of carbonyl (C=O) groups excluding carboxylic acids is 4. The predicted octanol–water partition coefficient (Wildman–Crippen LogP) is 21.2. The lowest BCUT2D eigenvalue weighted by molar-refractivity contribution is -0.123. The van der Waals surface area contributed by atoms with Gasteiger partial charge < -0.3 is 40.2 Å². The highest BCUT2D eigenvalue weighted by atomic mass is 32.2. The fourth-order valence-electron chi connectivity index (χ4n) is 11.0. The maximum absolute atomic E-state index is 14.1. The van der Waals surface area contributed by atoms with Crippen molar-refractivity contribution in [2.45, 2.75) is 326 Å². The van der Waals surface area contributed by atoms with E-state index < -0.39 is 0 Å². The van der Waals surface area contributed by atoms with Crippen molar-refractivity contribution >= 4 is 70.7 Å². The van der Waals surface area contributed by atoms with Crippen LogP contribution in [0.5, 0.6) is 23.0 Å². The van der Waals surface area contributed by atoms with Gasteiger partial charge in [0.15, 0.2) is 26.4 Å². The molecule has 0 aliphatic carbocycles. The number of rotatable bonds is 40. The smallest absolute Gasteiger partial charge is 0.257 e. The molecule has 0 unspecified atom stereocenters. The zero-order valence-corrected chi connectivity index (χ0v) is 65.4. The minimum absolute atomic E-state index is 0.213. The highest BCUT2D eigenvalue weighted by molar-refractivity contribution is 8.01. The minimum Gasteiger partial charge on any atom is -0.481 e. The first-order chi connectivity index (χ1) is 45.7. The third-order valence-electron chi connectivity index (χ3n) is 17.2. The van der Waals surface area contributed by atoms with Gasteiger partial charge in [-0.05, 0) is 118 Å². The summed E-state index contributed by atoms with van der Waals surface area (Å²) in [6.07, 6.45) is 26.6. The Morgan fingerprint density at radius 2 is 0.427 bits per heavy atom. The van der Waals surface area contributed by atoms with E-state index in [1.54, 1.807) is 0 Å². The Balaban J connectivity index is 1.85. The van der Waals surface area contributed by atoms with E-state index in [4.69, 9.17) is 18.9 Å². The normalized spacial score (nSPS) is 12.7. The molecule has 536 valence electrons. The first-order valence-corrected chi connectivity index (χ1v) is 40.0. The third-order valence-corrected chi connectivity index (χ3v) is 21.4. The Labute approximate surface area is 598 Å². The number of unbranched alkanes of at least 4 members (excludes halogenated alkanes) is 20. The molecule has 0 spiro atoms. The van der Waals surface area contributed by atoms with Gasteiger partial charge in [-0.3, -0.25) is 19.2 Å². The van der Waals surface area contributed by atoms with Crippen LogP contribution < -0.4 is 40.2 Å². The standard InChI is InChI=1S/C80H124N4O8S4/c1-17-21-25-29-33-37-41-81-69(85)53-89-73-61-45-57(77(5,6)7)46-62(73)94-64-48-59(79(11,12)13)50-66(75(64)91-55-71(87)83-43-39-35-31-27-23-19-3)96-68-52-60(80(14,15)16)51-67(76(68)92-56-72(88)84-44-40-36-32-28-24-20-4)95-65-49-58(78(8,9)10)47-63(93-61)74(65)90-54-70(86)82-42-38-34-30-26-22-18-2/h45-52H,17-44,53-56H2,1-16H3,(H,81,85)(H,82,86)(H,83,87)(H,84,88). The van der Waals surface area contributed by atoms with Crippen LogP contribution in [0.4, 0.5) is 0 Å². The Kier molecular flexibility index (Phi) is 35.7. The summed E-state index contributed by atoms with van der Waals surface area (Å²) in [5.74, 6) is 1.21. The van der Waals surface area contributed by atoms with Gasteiger partial charge in [0.1, 0.15) is 23.0 Å². The van der Waals surface area contributed by atoms with Crippen molar-refractivity contribution in [3.63, 3.8) is 0 Å². The summed E-state index contributed by atoms with van der Waals surface area (Å²) < 4.78 is 28.0. The second kappa shape index (κ2) is 41.8. The number of hydrogen-bond donors (Lipinski definition) is 4. The number of amides is 4. The van der Waals surface area contributed by atoms with Gasteiger partial charge in [0.2, 0.25) is 0 Å². The molecular formula is C80H124N4O8S4. The molecule has 4 amide bonds. The van der Waals surface area contributed by atoms with Crippen LogP contribution in [0.1, 0.15) is 287 Å². The Morgan fingerprint density at radius 1 is 0.271 bits per heavy atom. The highest BCUT2D eigenvalue weighted by Gasteiger charge is 2.32. The quantitative estimate of drug-likeness (QED) is 0.0276. The van der Waals surface area contributed by atoms with Gasteiger partial charge >= 0.3 is 0 Å². The lowest BCUT2D eigenvalue weighted by Crippen LogP contribution is -2.30. The van der Waals surface area contributed by atoms with E-state index in [0.717, 1.165) is 138 Å². The van der Waals surface area contributed by atoms with E-state index in [2.05, 4.69) is 181 Å². The van der Waals surface area contributed by atoms with Crippen LogP contribution in [0, 0.1) is 0 Å². The van der Waals surface area contributed by atoms with Gasteiger partial charge in [-0.1, -0.05) is 286 Å². The summed E-state index contributed by atoms with van der Waals surface area (Å²) in [6.45, 7) is 36.6. The van der Waals surface area contributed by atoms with Crippen molar-refractivity contribution in [3.8, 4) is 23.0 Å². The van der Waals surface area contributed by atoms with Crippen molar-refractivity contribution in [1.29, 1.82) is 0 Å². The zero-order valence-electron chi connectivity index (χ0n) is 62.1. The van der Waals surface area contributed by atoms with Crippen molar-refractivity contribution in [2.75, 3.05) is 52.6 Å². The molecule has 96 heavy (non-hydrogen) atoms. The number of hydrogen-bond acceptors (Lipinski definition) is 12. The topological polar surface area (TPSA) is 153 Å². The SMILES string of the molecule is CCCCCCCCNC(=O)COc1c2cc(C(C)(C)C)cc1Sc1cc(C(C)(C)C)cc(c1OCC(=O)NCCCCCCCC)Sc1cc(C(C)(C)C)cc(c1OCC(=O)NCCCCCCCC)Sc1cc(C(C)(C)C)cc(c1OCC(=O)NCCCCCCCC)S2. The molecule has 8 bridgehead atoms. The fourth-order valence-corrected chi connectivity index (χ4v) is 15.8. The van der Waals surface area contributed by atoms with E-state index in [1.165, 1.54) is 124 Å². The molecule has 0 atom stereocenters. The molecule has 1 heterocycles. The van der Waals surface area contributed by atoms with Crippen LogP contribution >= 0.6 is 47.0 Å². The summed E-state index contributed by atoms with van der Waals surface area (Å²) in [7, 11) is 0. The second-order valence-electron chi connectivity index (χ2n) is 30.2. The van der Waals surface area contributed by atoms with Crippen LogP contribution in [0.3, 0.4) is 0 Å². The Hall–Kier alpha value is -4.64. The summed E-state index contributed by atoms with van der Waals surface area (Å²) in [5.41, 5.74) is 2.68. The maximum atomic E-state index is 14.1. The molecule has 4 aromatic carbocycles. The van der Waals surface area contributed by atoms with Crippen LogP contribution in [0.25, 0.3) is 0 Å². The van der Waals surface area contributed by atoms with Gasteiger partial charge in [-0.25, -0.2) is 0 Å². The van der Waals surface area contributed by atoms with Crippen molar-refractivity contribution in [1.82, 2.24) is 21.3 Å². The zero-order chi connectivity index (χ0) is 70.3. The molecule has 4 aromatic rings. The molecule has 1 aliphatic rings. The van der Waals surface area contributed by atoms with Crippen LogP contribution in [0.15, 0.2) is 87.7 Å². The molecular weight excluding hydrogens is 1270 g/mol. The summed E-state index contributed by atoms with van der Waals surface area (Å²) in [6, 6.07) is 17.4. The van der Waals surface area contributed by atoms with Gasteiger partial charge in [-0.15, -0.1) is 0 Å². The Morgan fingerprint density at radius 3 is 0.583 bits per heavy atom. The van der Waals surface area contributed by atoms with E-state index in [9.17, 15) is 19.2 Å². The highest BCUT2D eigenvalue weighted by Crippen LogP contribution is 2.56. The number of benzene rings is 4. The van der Waals surface area contributed by atoms with Crippen LogP contribution in [-0.4, -0.2) is 76.2 Å². The van der Waals surface area contributed by atoms with E-state index in [-0.39, 0.29) is 71.7 Å². The molecule has 0 aromatic heterocycles. The minimum atomic E-state index is -0.364. The summed E-state index contributed by atoms with van der Waals surface area (Å²) in [4.78, 5) is 62.5. The van der Waals surface area contributed by atoms with Crippen LogP contribution in [-0.2, 0) is 40.8 Å². The van der Waals surface area contributed by atoms with Crippen molar-refractivity contribution in [2.24, 2.45) is 0 Å². The average molecular weight is 1400 g/mol. The average Bonchev–Trinajstić information content (AvgIpc) is 0.772. The number of fused-ring (bicyclic) bond motifs is 8. The molecule has 1 aliphatic heterocycles. The monoisotopic (exact) mass is 1400 g/mol. The lowest BCUT2D eigenvalue weighted by atomic mass is 9.87. The summed E-state index contributed by atoms with van der Waals surface area (Å²) in [5, 5.41) is 12.7. The largest absolute Gasteiger partial charge is 0.481 e. The van der Waals surface area contributed by atoms with Crippen molar-refractivity contribution in [3.05, 3.63) is 70.8 Å². The molecule has 4 N–H and O–H groups in total. The van der Waals surface area contributed by atoms with Crippen LogP contribution in [0.2, 0.25) is 0 Å². The molecule has 16 heteroatoms. The molecule has 0 radical (unpaired) electrons. The third kappa shape index (κ3) is 28.9. The first kappa shape index (κ1) is 82.0. The Bertz CT molecular complexity index is 2570. The van der Waals surface area contributed by atoms with Crippen molar-refractivity contribution < 1.29 is 38.1 Å². The lowest BCUT2D eigenvalue weighted by Gasteiger charge is -2.28.